The first-order valence-corrected chi connectivity index (χ1v) is 7.56. The lowest BCUT2D eigenvalue weighted by Crippen LogP contribution is -2.47. The molecule has 1 saturated heterocycles. The highest BCUT2D eigenvalue weighted by Crippen LogP contribution is 2.38. The average Bonchev–Trinajstić information content (AvgIpc) is 2.94. The third-order valence-electron chi connectivity index (χ3n) is 4.80. The van der Waals surface area contributed by atoms with Crippen LogP contribution in [0.1, 0.15) is 38.5 Å². The van der Waals surface area contributed by atoms with Crippen LogP contribution in [0.4, 0.5) is 11.8 Å². The molecule has 3 N–H and O–H groups in total. The van der Waals surface area contributed by atoms with Crippen molar-refractivity contribution in [2.75, 3.05) is 17.2 Å². The predicted octanol–water partition coefficient (Wildman–Crippen LogP) is 2.09. The van der Waals surface area contributed by atoms with Crippen molar-refractivity contribution in [2.45, 2.75) is 44.6 Å². The number of H-pyrrole nitrogens is 1. The second-order valence-electron chi connectivity index (χ2n) is 5.95. The number of piperidine rings is 1. The number of nitrogens with one attached hydrogen (secondary N) is 1. The van der Waals surface area contributed by atoms with Crippen LogP contribution >= 0.6 is 0 Å². The van der Waals surface area contributed by atoms with E-state index >= 15 is 0 Å². The second-order valence-corrected chi connectivity index (χ2v) is 5.95. The molecule has 106 valence electrons. The summed E-state index contributed by atoms with van der Waals surface area (Å²) in [5.41, 5.74) is 7.45. The van der Waals surface area contributed by atoms with E-state index in [9.17, 15) is 0 Å². The maximum Gasteiger partial charge on any atom is 0.224 e. The molecular weight excluding hydrogens is 252 g/mol. The van der Waals surface area contributed by atoms with Gasteiger partial charge in [-0.25, -0.2) is 4.98 Å². The third kappa shape index (κ3) is 1.82. The molecule has 0 bridgehead atoms. The smallest absolute Gasteiger partial charge is 0.224 e. The minimum absolute atomic E-state index is 0.317. The predicted molar refractivity (Wildman–Crippen MR) is 78.4 cm³/mol. The SMILES string of the molecule is Nc1nc(N2CCCC3CCCCC32)c2[nH]cnc2n1. The van der Waals surface area contributed by atoms with Gasteiger partial charge in [0.2, 0.25) is 5.95 Å². The number of anilines is 2. The van der Waals surface area contributed by atoms with Gasteiger partial charge in [-0.1, -0.05) is 12.8 Å². The fourth-order valence-corrected chi connectivity index (χ4v) is 3.93. The van der Waals surface area contributed by atoms with Crippen LogP contribution in [-0.4, -0.2) is 32.5 Å². The molecule has 6 heteroatoms. The molecule has 1 saturated carbocycles. The first-order valence-electron chi connectivity index (χ1n) is 7.56. The maximum absolute atomic E-state index is 5.86. The monoisotopic (exact) mass is 272 g/mol. The van der Waals surface area contributed by atoms with E-state index in [1.165, 1.54) is 38.5 Å². The average molecular weight is 272 g/mol. The molecule has 2 fully saturated rings. The minimum atomic E-state index is 0.317. The Morgan fingerprint density at radius 3 is 2.95 bits per heavy atom. The normalized spacial score (nSPS) is 26.7. The lowest BCUT2D eigenvalue weighted by molar-refractivity contribution is 0.243. The fourth-order valence-electron chi connectivity index (χ4n) is 3.93. The van der Waals surface area contributed by atoms with Gasteiger partial charge in [0.25, 0.3) is 0 Å². The van der Waals surface area contributed by atoms with E-state index in [1.807, 2.05) is 0 Å². The molecule has 2 aromatic rings. The number of nitrogens with zero attached hydrogens (tertiary/aromatic N) is 4. The van der Waals surface area contributed by atoms with E-state index < -0.39 is 0 Å². The molecule has 2 aliphatic rings. The van der Waals surface area contributed by atoms with Gasteiger partial charge >= 0.3 is 0 Å². The standard InChI is InChI=1S/C14H20N6/c15-14-18-12-11(16-8-17-12)13(19-14)20-7-3-5-9-4-1-2-6-10(9)20/h8-10H,1-7H2,(H3,15,16,17,18,19). The first kappa shape index (κ1) is 11.9. The highest BCUT2D eigenvalue weighted by molar-refractivity contribution is 5.84. The van der Waals surface area contributed by atoms with Crippen molar-refractivity contribution in [3.05, 3.63) is 6.33 Å². The quantitative estimate of drug-likeness (QED) is 0.830. The Kier molecular flexibility index (Phi) is 2.75. The molecule has 2 atom stereocenters. The number of fused-ring (bicyclic) bond motifs is 2. The number of aromatic nitrogens is 4. The molecular formula is C14H20N6. The summed E-state index contributed by atoms with van der Waals surface area (Å²) in [5, 5.41) is 0. The molecule has 2 unspecified atom stereocenters. The van der Waals surface area contributed by atoms with Crippen molar-refractivity contribution in [2.24, 2.45) is 5.92 Å². The number of rotatable bonds is 1. The Balaban J connectivity index is 1.79. The van der Waals surface area contributed by atoms with Crippen LogP contribution < -0.4 is 10.6 Å². The Bertz CT molecular complexity index is 619. The van der Waals surface area contributed by atoms with Crippen molar-refractivity contribution in [3.63, 3.8) is 0 Å². The molecule has 0 spiro atoms. The van der Waals surface area contributed by atoms with Gasteiger partial charge in [0, 0.05) is 12.6 Å². The van der Waals surface area contributed by atoms with E-state index in [0.717, 1.165) is 23.8 Å². The lowest BCUT2D eigenvalue weighted by atomic mass is 9.78. The fraction of sp³-hybridized carbons (Fsp3) is 0.643. The minimum Gasteiger partial charge on any atom is -0.368 e. The third-order valence-corrected chi connectivity index (χ3v) is 4.80. The summed E-state index contributed by atoms with van der Waals surface area (Å²) < 4.78 is 0. The van der Waals surface area contributed by atoms with Crippen LogP contribution in [0.25, 0.3) is 11.2 Å². The van der Waals surface area contributed by atoms with Crippen LogP contribution in [0.2, 0.25) is 0 Å². The zero-order valence-corrected chi connectivity index (χ0v) is 11.5. The van der Waals surface area contributed by atoms with Gasteiger partial charge in [-0.15, -0.1) is 0 Å². The highest BCUT2D eigenvalue weighted by Gasteiger charge is 2.35. The summed E-state index contributed by atoms with van der Waals surface area (Å²) in [5.74, 6) is 2.07. The highest BCUT2D eigenvalue weighted by atomic mass is 15.3. The van der Waals surface area contributed by atoms with Gasteiger partial charge < -0.3 is 15.6 Å². The molecule has 1 aliphatic heterocycles. The van der Waals surface area contributed by atoms with Crippen LogP contribution in [0.3, 0.4) is 0 Å². The Hall–Kier alpha value is -1.85. The number of nitrogen functional groups attached to an aromatic ring is 1. The molecule has 0 radical (unpaired) electrons. The molecule has 4 rings (SSSR count). The number of hydrogen-bond acceptors (Lipinski definition) is 5. The largest absolute Gasteiger partial charge is 0.368 e. The number of imidazole rings is 1. The summed E-state index contributed by atoms with van der Waals surface area (Å²) >= 11 is 0. The van der Waals surface area contributed by atoms with Gasteiger partial charge in [0.1, 0.15) is 5.52 Å². The second kappa shape index (κ2) is 4.61. The molecule has 6 nitrogen and oxygen atoms in total. The number of nitrogens with two attached hydrogens (primary N) is 1. The van der Waals surface area contributed by atoms with E-state index in [4.69, 9.17) is 5.73 Å². The molecule has 2 aromatic heterocycles. The summed E-state index contributed by atoms with van der Waals surface area (Å²) in [6.07, 6.45) is 9.59. The summed E-state index contributed by atoms with van der Waals surface area (Å²) in [6, 6.07) is 0.610. The molecule has 0 aromatic carbocycles. The van der Waals surface area contributed by atoms with E-state index in [-0.39, 0.29) is 0 Å². The molecule has 20 heavy (non-hydrogen) atoms. The van der Waals surface area contributed by atoms with Crippen molar-refractivity contribution in [1.29, 1.82) is 0 Å². The number of aromatic amines is 1. The van der Waals surface area contributed by atoms with Gasteiger partial charge in [-0.2, -0.15) is 9.97 Å². The summed E-state index contributed by atoms with van der Waals surface area (Å²) in [6.45, 7) is 1.06. The van der Waals surface area contributed by atoms with Crippen molar-refractivity contribution >= 4 is 22.9 Å². The molecule has 0 amide bonds. The van der Waals surface area contributed by atoms with Crippen LogP contribution in [0, 0.1) is 5.92 Å². The zero-order valence-electron chi connectivity index (χ0n) is 11.5. The van der Waals surface area contributed by atoms with Gasteiger partial charge in [-0.3, -0.25) is 0 Å². The number of hydrogen-bond donors (Lipinski definition) is 2. The van der Waals surface area contributed by atoms with Crippen molar-refractivity contribution < 1.29 is 0 Å². The zero-order chi connectivity index (χ0) is 13.5. The Morgan fingerprint density at radius 2 is 2.00 bits per heavy atom. The van der Waals surface area contributed by atoms with Gasteiger partial charge in [0.15, 0.2) is 11.5 Å². The Labute approximate surface area is 117 Å². The van der Waals surface area contributed by atoms with E-state index in [0.29, 0.717) is 17.6 Å². The van der Waals surface area contributed by atoms with E-state index in [1.54, 1.807) is 6.33 Å². The van der Waals surface area contributed by atoms with Crippen LogP contribution in [0.5, 0.6) is 0 Å². The topological polar surface area (TPSA) is 83.7 Å². The summed E-state index contributed by atoms with van der Waals surface area (Å²) in [7, 11) is 0. The summed E-state index contributed by atoms with van der Waals surface area (Å²) in [4.78, 5) is 18.6. The lowest BCUT2D eigenvalue weighted by Gasteiger charge is -2.44. The molecule has 1 aliphatic carbocycles. The van der Waals surface area contributed by atoms with Gasteiger partial charge in [-0.05, 0) is 31.6 Å². The van der Waals surface area contributed by atoms with Crippen molar-refractivity contribution in [1.82, 2.24) is 19.9 Å². The Morgan fingerprint density at radius 1 is 1.15 bits per heavy atom. The first-order chi connectivity index (χ1) is 9.83. The van der Waals surface area contributed by atoms with Crippen LogP contribution in [0.15, 0.2) is 6.33 Å². The van der Waals surface area contributed by atoms with Gasteiger partial charge in [0.05, 0.1) is 6.33 Å². The molecule has 3 heterocycles. The van der Waals surface area contributed by atoms with Crippen LogP contribution in [-0.2, 0) is 0 Å². The maximum atomic E-state index is 5.86. The van der Waals surface area contributed by atoms with E-state index in [2.05, 4.69) is 24.8 Å². The van der Waals surface area contributed by atoms with Crippen molar-refractivity contribution in [3.8, 4) is 0 Å².